The van der Waals surface area contributed by atoms with Crippen LogP contribution < -0.4 is 5.32 Å². The van der Waals surface area contributed by atoms with E-state index < -0.39 is 27.5 Å². The summed E-state index contributed by atoms with van der Waals surface area (Å²) in [6.45, 7) is 1.90. The average Bonchev–Trinajstić information content (AvgIpc) is 3.14. The number of hydrogen-bond acceptors (Lipinski definition) is 4. The lowest BCUT2D eigenvalue weighted by atomic mass is 10.1. The summed E-state index contributed by atoms with van der Waals surface area (Å²) >= 11 is 0. The lowest BCUT2D eigenvalue weighted by Crippen LogP contribution is -2.18. The highest BCUT2D eigenvalue weighted by Gasteiger charge is 2.34. The molecule has 1 aliphatic heterocycles. The van der Waals surface area contributed by atoms with E-state index in [0.29, 0.717) is 16.9 Å². The molecule has 1 N–H and O–H groups in total. The number of anilines is 1. The molecule has 0 bridgehead atoms. The zero-order valence-corrected chi connectivity index (χ0v) is 16.5. The first-order valence-electron chi connectivity index (χ1n) is 8.90. The smallest absolute Gasteiger partial charge is 0.306 e. The highest BCUT2D eigenvalue weighted by Crippen LogP contribution is 2.34. The molecule has 6 nitrogen and oxygen atoms in total. The van der Waals surface area contributed by atoms with Crippen molar-refractivity contribution in [1.82, 2.24) is 9.78 Å². The van der Waals surface area contributed by atoms with Crippen molar-refractivity contribution >= 4 is 21.6 Å². The lowest BCUT2D eigenvalue weighted by molar-refractivity contribution is -0.137. The van der Waals surface area contributed by atoms with Crippen LogP contribution in [-0.2, 0) is 27.5 Å². The molecule has 0 radical (unpaired) electrons. The third-order valence-electron chi connectivity index (χ3n) is 4.75. The Morgan fingerprint density at radius 3 is 2.47 bits per heavy atom. The molecule has 2 aromatic carbocycles. The van der Waals surface area contributed by atoms with Gasteiger partial charge in [0.05, 0.1) is 28.5 Å². The molecular weight excluding hydrogens is 419 g/mol. The minimum absolute atomic E-state index is 0.136. The zero-order valence-electron chi connectivity index (χ0n) is 15.7. The van der Waals surface area contributed by atoms with Gasteiger partial charge in [0.25, 0.3) is 5.91 Å². The minimum Gasteiger partial charge on any atom is -0.306 e. The molecule has 1 aliphatic rings. The van der Waals surface area contributed by atoms with Gasteiger partial charge in [-0.1, -0.05) is 23.8 Å². The Labute approximate surface area is 170 Å². The first-order chi connectivity index (χ1) is 14.0. The second-order valence-corrected chi connectivity index (χ2v) is 9.15. The molecule has 2 heterocycles. The van der Waals surface area contributed by atoms with Gasteiger partial charge < -0.3 is 5.32 Å². The molecule has 0 saturated heterocycles. The van der Waals surface area contributed by atoms with Gasteiger partial charge in [-0.3, -0.25) is 4.79 Å². The zero-order chi connectivity index (χ0) is 21.7. The molecule has 3 aromatic rings. The summed E-state index contributed by atoms with van der Waals surface area (Å²) in [4.78, 5) is 12.7. The van der Waals surface area contributed by atoms with Crippen molar-refractivity contribution in [1.29, 1.82) is 0 Å². The van der Waals surface area contributed by atoms with Crippen LogP contribution >= 0.6 is 0 Å². The summed E-state index contributed by atoms with van der Waals surface area (Å²) < 4.78 is 64.4. The number of nitrogens with one attached hydrogen (secondary N) is 1. The largest absolute Gasteiger partial charge is 0.416 e. The van der Waals surface area contributed by atoms with Crippen molar-refractivity contribution in [2.24, 2.45) is 0 Å². The second-order valence-electron chi connectivity index (χ2n) is 7.09. The third kappa shape index (κ3) is 3.82. The number of alkyl halides is 3. The van der Waals surface area contributed by atoms with Crippen LogP contribution in [0.2, 0.25) is 0 Å². The molecule has 1 aromatic heterocycles. The molecule has 10 heteroatoms. The average molecular weight is 435 g/mol. The Balaban J connectivity index is 1.75. The topological polar surface area (TPSA) is 81.1 Å². The van der Waals surface area contributed by atoms with Crippen LogP contribution in [0.25, 0.3) is 5.69 Å². The second kappa shape index (κ2) is 6.98. The fraction of sp³-hybridized carbons (Fsp3) is 0.200. The predicted octanol–water partition coefficient (Wildman–Crippen LogP) is 3.88. The summed E-state index contributed by atoms with van der Waals surface area (Å²) in [5.41, 5.74) is 1.10. The van der Waals surface area contributed by atoms with Crippen LogP contribution in [-0.4, -0.2) is 24.1 Å². The number of amides is 1. The molecule has 0 unspecified atom stereocenters. The monoisotopic (exact) mass is 435 g/mol. The number of fused-ring (bicyclic) bond motifs is 1. The molecule has 0 spiro atoms. The number of sulfone groups is 1. The van der Waals surface area contributed by atoms with E-state index in [0.717, 1.165) is 23.8 Å². The summed E-state index contributed by atoms with van der Waals surface area (Å²) in [5.74, 6) is -1.21. The Hall–Kier alpha value is -3.14. The Morgan fingerprint density at radius 1 is 1.10 bits per heavy atom. The standard InChI is InChI=1S/C20H16F3N3O3S/c1-12-5-7-15(8-6-12)26-18(16-10-30(28,29)11-17(16)25-26)24-19(27)13-3-2-4-14(9-13)20(21,22)23/h2-9H,10-11H2,1H3,(H,24,27). The van der Waals surface area contributed by atoms with Crippen LogP contribution in [0.4, 0.5) is 19.0 Å². The van der Waals surface area contributed by atoms with Crippen LogP contribution in [0.3, 0.4) is 0 Å². The maximum absolute atomic E-state index is 13.0. The Morgan fingerprint density at radius 2 is 1.80 bits per heavy atom. The minimum atomic E-state index is -4.59. The van der Waals surface area contributed by atoms with Gasteiger partial charge >= 0.3 is 6.18 Å². The van der Waals surface area contributed by atoms with Crippen molar-refractivity contribution in [3.05, 3.63) is 76.5 Å². The summed E-state index contributed by atoms with van der Waals surface area (Å²) in [6.07, 6.45) is -4.59. The number of benzene rings is 2. The van der Waals surface area contributed by atoms with Gasteiger partial charge in [0.1, 0.15) is 5.82 Å². The van der Waals surface area contributed by atoms with E-state index >= 15 is 0 Å². The quantitative estimate of drug-likeness (QED) is 0.677. The Bertz CT molecular complexity index is 1250. The van der Waals surface area contributed by atoms with Crippen molar-refractivity contribution in [2.75, 3.05) is 5.32 Å². The highest BCUT2D eigenvalue weighted by molar-refractivity contribution is 7.90. The molecule has 0 atom stereocenters. The van der Waals surface area contributed by atoms with Gasteiger partial charge in [0.2, 0.25) is 0 Å². The van der Waals surface area contributed by atoms with Crippen LogP contribution in [0.15, 0.2) is 48.5 Å². The third-order valence-corrected chi connectivity index (χ3v) is 6.19. The van der Waals surface area contributed by atoms with Crippen molar-refractivity contribution in [2.45, 2.75) is 24.6 Å². The van der Waals surface area contributed by atoms with Gasteiger partial charge in [0.15, 0.2) is 9.84 Å². The lowest BCUT2D eigenvalue weighted by Gasteiger charge is -2.12. The summed E-state index contributed by atoms with van der Waals surface area (Å²) in [6, 6.07) is 11.2. The molecule has 30 heavy (non-hydrogen) atoms. The van der Waals surface area contributed by atoms with Gasteiger partial charge in [0, 0.05) is 11.1 Å². The fourth-order valence-electron chi connectivity index (χ4n) is 3.26. The number of carbonyl (C=O) groups excluding carboxylic acids is 1. The molecule has 156 valence electrons. The van der Waals surface area contributed by atoms with E-state index in [1.807, 2.05) is 19.1 Å². The number of aromatic nitrogens is 2. The number of rotatable bonds is 3. The van der Waals surface area contributed by atoms with E-state index in [1.165, 1.54) is 10.7 Å². The molecule has 0 saturated carbocycles. The molecule has 4 rings (SSSR count). The highest BCUT2D eigenvalue weighted by atomic mass is 32.2. The normalized spacial score (nSPS) is 15.1. The van der Waals surface area contributed by atoms with E-state index in [2.05, 4.69) is 10.4 Å². The van der Waals surface area contributed by atoms with Gasteiger partial charge in [-0.15, -0.1) is 0 Å². The van der Waals surface area contributed by atoms with Crippen molar-refractivity contribution in [3.63, 3.8) is 0 Å². The van der Waals surface area contributed by atoms with E-state index in [1.54, 1.807) is 12.1 Å². The van der Waals surface area contributed by atoms with Gasteiger partial charge in [-0.2, -0.15) is 18.3 Å². The first-order valence-corrected chi connectivity index (χ1v) is 10.7. The maximum Gasteiger partial charge on any atom is 0.416 e. The van der Waals surface area contributed by atoms with Gasteiger partial charge in [-0.05, 0) is 37.3 Å². The van der Waals surface area contributed by atoms with E-state index in [-0.39, 0.29) is 22.9 Å². The Kier molecular flexibility index (Phi) is 4.69. The molecular formula is C20H16F3N3O3S. The van der Waals surface area contributed by atoms with Crippen LogP contribution in [0.5, 0.6) is 0 Å². The first kappa shape index (κ1) is 20.1. The van der Waals surface area contributed by atoms with E-state index in [9.17, 15) is 26.4 Å². The molecule has 0 fully saturated rings. The van der Waals surface area contributed by atoms with Crippen LogP contribution in [0, 0.1) is 6.92 Å². The summed E-state index contributed by atoms with van der Waals surface area (Å²) in [5, 5.41) is 6.90. The number of aryl methyl sites for hydroxylation is 1. The van der Waals surface area contributed by atoms with Crippen molar-refractivity contribution in [3.8, 4) is 5.69 Å². The van der Waals surface area contributed by atoms with Crippen molar-refractivity contribution < 1.29 is 26.4 Å². The van der Waals surface area contributed by atoms with Gasteiger partial charge in [-0.25, -0.2) is 13.1 Å². The number of nitrogens with zero attached hydrogens (tertiary/aromatic N) is 2. The van der Waals surface area contributed by atoms with E-state index in [4.69, 9.17) is 0 Å². The van der Waals surface area contributed by atoms with Crippen LogP contribution in [0.1, 0.15) is 32.7 Å². The fourth-order valence-corrected chi connectivity index (χ4v) is 4.75. The summed E-state index contributed by atoms with van der Waals surface area (Å²) in [7, 11) is -3.39. The molecule has 1 amide bonds. The number of carbonyl (C=O) groups is 1. The SMILES string of the molecule is Cc1ccc(-n2nc3c(c2NC(=O)c2cccc(C(F)(F)F)c2)CS(=O)(=O)C3)cc1. The number of halogens is 3. The number of hydrogen-bond donors (Lipinski definition) is 1. The predicted molar refractivity (Wildman–Crippen MR) is 104 cm³/mol. The maximum atomic E-state index is 13.0. The molecule has 0 aliphatic carbocycles.